The minimum atomic E-state index is -0.401. The summed E-state index contributed by atoms with van der Waals surface area (Å²) in [6.45, 7) is 2.65. The van der Waals surface area contributed by atoms with Crippen LogP contribution < -0.4 is 10.1 Å². The Kier molecular flexibility index (Phi) is 5.33. The van der Waals surface area contributed by atoms with Gasteiger partial charge in [-0.25, -0.2) is 4.39 Å². The lowest BCUT2D eigenvalue weighted by Gasteiger charge is -2.09. The Morgan fingerprint density at radius 2 is 2.10 bits per heavy atom. The largest absolute Gasteiger partial charge is 0.494 e. The van der Waals surface area contributed by atoms with Crippen molar-refractivity contribution in [2.45, 2.75) is 13.3 Å². The first kappa shape index (κ1) is 15.5. The molecule has 0 aliphatic heterocycles. The van der Waals surface area contributed by atoms with Crippen LogP contribution in [0.5, 0.6) is 5.75 Å². The Hall–Kier alpha value is -1.88. The fourth-order valence-electron chi connectivity index (χ4n) is 1.72. The molecule has 1 amide bonds. The maximum Gasteiger partial charge on any atom is 0.255 e. The molecule has 3 nitrogen and oxygen atoms in total. The van der Waals surface area contributed by atoms with E-state index in [9.17, 15) is 9.18 Å². The van der Waals surface area contributed by atoms with Crippen molar-refractivity contribution in [1.29, 1.82) is 0 Å². The summed E-state index contributed by atoms with van der Waals surface area (Å²) < 4.78 is 18.9. The number of rotatable bonds is 5. The van der Waals surface area contributed by atoms with Crippen LogP contribution in [0.4, 0.5) is 10.1 Å². The molecule has 2 aromatic rings. The summed E-state index contributed by atoms with van der Waals surface area (Å²) in [5, 5.41) is 2.76. The molecule has 0 bridgehead atoms. The topological polar surface area (TPSA) is 38.3 Å². The number of anilines is 1. The maximum atomic E-state index is 13.2. The standard InChI is InChI=1S/C16H15BrFNO2/c1-2-8-21-13-5-3-4-12(10-13)19-16(20)11-6-7-15(18)14(17)9-11/h3-7,9-10H,2,8H2,1H3,(H,19,20). The predicted octanol–water partition coefficient (Wildman–Crippen LogP) is 4.63. The predicted molar refractivity (Wildman–Crippen MR) is 84.3 cm³/mol. The highest BCUT2D eigenvalue weighted by atomic mass is 79.9. The zero-order valence-corrected chi connectivity index (χ0v) is 13.1. The number of hydrogen-bond donors (Lipinski definition) is 1. The molecule has 2 rings (SSSR count). The van der Waals surface area contributed by atoms with Gasteiger partial charge in [-0.15, -0.1) is 0 Å². The number of carbonyl (C=O) groups excluding carboxylic acids is 1. The lowest BCUT2D eigenvalue weighted by molar-refractivity contribution is 0.102. The Bertz CT molecular complexity index is 646. The van der Waals surface area contributed by atoms with Crippen molar-refractivity contribution in [3.8, 4) is 5.75 Å². The van der Waals surface area contributed by atoms with Crippen LogP contribution >= 0.6 is 15.9 Å². The summed E-state index contributed by atoms with van der Waals surface area (Å²) in [5.74, 6) is -0.000193. The van der Waals surface area contributed by atoms with Gasteiger partial charge in [0.05, 0.1) is 11.1 Å². The highest BCUT2D eigenvalue weighted by Gasteiger charge is 2.09. The fraction of sp³-hybridized carbons (Fsp3) is 0.188. The molecule has 0 unspecified atom stereocenters. The average Bonchev–Trinajstić information content (AvgIpc) is 2.48. The number of halogens is 2. The van der Waals surface area contributed by atoms with Crippen LogP contribution in [-0.2, 0) is 0 Å². The Labute approximate surface area is 131 Å². The highest BCUT2D eigenvalue weighted by Crippen LogP contribution is 2.20. The summed E-state index contributed by atoms with van der Waals surface area (Å²) in [6, 6.07) is 11.3. The Morgan fingerprint density at radius 3 is 2.81 bits per heavy atom. The van der Waals surface area contributed by atoms with E-state index in [1.807, 2.05) is 13.0 Å². The third-order valence-electron chi connectivity index (χ3n) is 2.75. The zero-order valence-electron chi connectivity index (χ0n) is 11.5. The van der Waals surface area contributed by atoms with Gasteiger partial charge >= 0.3 is 0 Å². The quantitative estimate of drug-likeness (QED) is 0.852. The lowest BCUT2D eigenvalue weighted by Crippen LogP contribution is -2.12. The van der Waals surface area contributed by atoms with E-state index in [2.05, 4.69) is 21.2 Å². The molecule has 0 atom stereocenters. The Morgan fingerprint density at radius 1 is 1.29 bits per heavy atom. The van der Waals surface area contributed by atoms with Gasteiger partial charge in [-0.3, -0.25) is 4.79 Å². The summed E-state index contributed by atoms with van der Waals surface area (Å²) in [4.78, 5) is 12.1. The summed E-state index contributed by atoms with van der Waals surface area (Å²) in [7, 11) is 0. The maximum absolute atomic E-state index is 13.2. The van der Waals surface area contributed by atoms with Gasteiger partial charge in [-0.1, -0.05) is 13.0 Å². The van der Waals surface area contributed by atoms with Crippen molar-refractivity contribution in [1.82, 2.24) is 0 Å². The monoisotopic (exact) mass is 351 g/mol. The molecule has 2 aromatic carbocycles. The van der Waals surface area contributed by atoms with Crippen molar-refractivity contribution in [3.63, 3.8) is 0 Å². The SMILES string of the molecule is CCCOc1cccc(NC(=O)c2ccc(F)c(Br)c2)c1. The molecule has 0 fully saturated rings. The number of nitrogens with one attached hydrogen (secondary N) is 1. The van der Waals surface area contributed by atoms with Gasteiger partial charge in [0.25, 0.3) is 5.91 Å². The smallest absolute Gasteiger partial charge is 0.255 e. The third-order valence-corrected chi connectivity index (χ3v) is 3.35. The second-order valence-electron chi connectivity index (χ2n) is 4.46. The van der Waals surface area contributed by atoms with Crippen LogP contribution in [0, 0.1) is 5.82 Å². The van der Waals surface area contributed by atoms with E-state index in [1.54, 1.807) is 18.2 Å². The molecule has 0 aliphatic carbocycles. The second kappa shape index (κ2) is 7.22. The fourth-order valence-corrected chi connectivity index (χ4v) is 2.10. The molecule has 110 valence electrons. The number of amides is 1. The highest BCUT2D eigenvalue weighted by molar-refractivity contribution is 9.10. The van der Waals surface area contributed by atoms with E-state index in [1.165, 1.54) is 18.2 Å². The minimum absolute atomic E-state index is 0.259. The van der Waals surface area contributed by atoms with Crippen LogP contribution in [0.15, 0.2) is 46.9 Å². The molecule has 0 saturated heterocycles. The molecule has 21 heavy (non-hydrogen) atoms. The molecule has 0 heterocycles. The van der Waals surface area contributed by atoms with Gasteiger partial charge < -0.3 is 10.1 Å². The van der Waals surface area contributed by atoms with Gasteiger partial charge in [-0.2, -0.15) is 0 Å². The van der Waals surface area contributed by atoms with E-state index in [4.69, 9.17) is 4.74 Å². The van der Waals surface area contributed by atoms with Gasteiger partial charge in [0.15, 0.2) is 0 Å². The van der Waals surface area contributed by atoms with Crippen molar-refractivity contribution in [2.24, 2.45) is 0 Å². The summed E-state index contributed by atoms with van der Waals surface area (Å²) in [5.41, 5.74) is 1.01. The minimum Gasteiger partial charge on any atom is -0.494 e. The van der Waals surface area contributed by atoms with Gasteiger partial charge in [-0.05, 0) is 52.7 Å². The molecule has 0 saturated carbocycles. The lowest BCUT2D eigenvalue weighted by atomic mass is 10.2. The van der Waals surface area contributed by atoms with Crippen molar-refractivity contribution >= 4 is 27.5 Å². The zero-order chi connectivity index (χ0) is 15.2. The number of carbonyl (C=O) groups is 1. The molecule has 0 aromatic heterocycles. The first-order chi connectivity index (χ1) is 10.1. The summed E-state index contributed by atoms with van der Waals surface area (Å²) in [6.07, 6.45) is 0.917. The van der Waals surface area contributed by atoms with E-state index in [0.717, 1.165) is 6.42 Å². The molecular formula is C16H15BrFNO2. The van der Waals surface area contributed by atoms with Crippen molar-refractivity contribution in [2.75, 3.05) is 11.9 Å². The molecule has 1 N–H and O–H groups in total. The van der Waals surface area contributed by atoms with E-state index >= 15 is 0 Å². The molecule has 0 aliphatic rings. The van der Waals surface area contributed by atoms with E-state index in [0.29, 0.717) is 23.6 Å². The van der Waals surface area contributed by atoms with Gasteiger partial charge in [0.2, 0.25) is 0 Å². The van der Waals surface area contributed by atoms with Gasteiger partial charge in [0.1, 0.15) is 11.6 Å². The van der Waals surface area contributed by atoms with Crippen molar-refractivity contribution in [3.05, 3.63) is 58.3 Å². The normalized spacial score (nSPS) is 10.2. The van der Waals surface area contributed by atoms with Crippen LogP contribution in [0.2, 0.25) is 0 Å². The number of hydrogen-bond acceptors (Lipinski definition) is 2. The van der Waals surface area contributed by atoms with E-state index in [-0.39, 0.29) is 10.4 Å². The Balaban J connectivity index is 2.10. The molecule has 0 radical (unpaired) electrons. The third kappa shape index (κ3) is 4.29. The summed E-state index contributed by atoms with van der Waals surface area (Å²) >= 11 is 3.06. The van der Waals surface area contributed by atoms with Crippen molar-refractivity contribution < 1.29 is 13.9 Å². The van der Waals surface area contributed by atoms with Crippen LogP contribution in [0.3, 0.4) is 0 Å². The molecule has 0 spiro atoms. The van der Waals surface area contributed by atoms with Crippen LogP contribution in [0.25, 0.3) is 0 Å². The van der Waals surface area contributed by atoms with Crippen LogP contribution in [0.1, 0.15) is 23.7 Å². The average molecular weight is 352 g/mol. The first-order valence-electron chi connectivity index (χ1n) is 6.59. The van der Waals surface area contributed by atoms with Gasteiger partial charge in [0, 0.05) is 17.3 Å². The number of ether oxygens (including phenoxy) is 1. The number of benzene rings is 2. The van der Waals surface area contributed by atoms with E-state index < -0.39 is 5.82 Å². The van der Waals surface area contributed by atoms with Crippen LogP contribution in [-0.4, -0.2) is 12.5 Å². The second-order valence-corrected chi connectivity index (χ2v) is 5.31. The first-order valence-corrected chi connectivity index (χ1v) is 7.38. The molecular weight excluding hydrogens is 337 g/mol. The molecule has 5 heteroatoms.